The van der Waals surface area contributed by atoms with Crippen molar-refractivity contribution < 1.29 is 18.7 Å². The molecular weight excluding hydrogens is 605 g/mol. The molecule has 13 heteroatoms. The highest BCUT2D eigenvalue weighted by molar-refractivity contribution is 7.98. The molecule has 1 amide bonds. The highest BCUT2D eigenvalue weighted by Crippen LogP contribution is 2.33. The zero-order chi connectivity index (χ0) is 28.9. The van der Waals surface area contributed by atoms with Crippen molar-refractivity contribution in [2.45, 2.75) is 17.3 Å². The number of methoxy groups -OCH3 is 2. The fourth-order valence-corrected chi connectivity index (χ4v) is 6.05. The Labute approximate surface area is 255 Å². The molecule has 0 unspecified atom stereocenters. The van der Waals surface area contributed by atoms with Crippen molar-refractivity contribution in [2.24, 2.45) is 0 Å². The van der Waals surface area contributed by atoms with E-state index in [4.69, 9.17) is 37.1 Å². The molecule has 0 saturated heterocycles. The van der Waals surface area contributed by atoms with Crippen molar-refractivity contribution in [1.29, 1.82) is 0 Å². The standard InChI is InChI=1S/C28H25Cl2N5O4S2/c1-34(11-10-17-6-9-22(37-2)24(13-17)38-3)27(36)21-15-40-25(31-21)16-41-28-33-32-26(23-5-4-12-39-23)35(28)18-7-8-19(29)20(30)14-18/h4-9,12-15H,10-11,16H2,1-3H3. The summed E-state index contributed by atoms with van der Waals surface area (Å²) in [5.74, 6) is 2.77. The van der Waals surface area contributed by atoms with Gasteiger partial charge in [0.25, 0.3) is 5.91 Å². The van der Waals surface area contributed by atoms with Gasteiger partial charge in [-0.05, 0) is 54.4 Å². The summed E-state index contributed by atoms with van der Waals surface area (Å²) in [7, 11) is 4.97. The molecule has 0 saturated carbocycles. The first-order valence-corrected chi connectivity index (χ1v) is 15.0. The van der Waals surface area contributed by atoms with E-state index < -0.39 is 0 Å². The maximum atomic E-state index is 13.1. The van der Waals surface area contributed by atoms with Gasteiger partial charge in [-0.25, -0.2) is 4.98 Å². The number of hydrogen-bond donors (Lipinski definition) is 0. The molecule has 2 aromatic carbocycles. The van der Waals surface area contributed by atoms with Crippen LogP contribution in [0.5, 0.6) is 11.5 Å². The summed E-state index contributed by atoms with van der Waals surface area (Å²) < 4.78 is 18.1. The monoisotopic (exact) mass is 629 g/mol. The highest BCUT2D eigenvalue weighted by Gasteiger charge is 2.21. The molecule has 0 aliphatic carbocycles. The zero-order valence-electron chi connectivity index (χ0n) is 22.3. The van der Waals surface area contributed by atoms with Crippen LogP contribution in [0.25, 0.3) is 17.3 Å². The van der Waals surface area contributed by atoms with Gasteiger partial charge in [0, 0.05) is 19.0 Å². The number of halogens is 2. The van der Waals surface area contributed by atoms with Gasteiger partial charge in [0.05, 0.1) is 42.0 Å². The van der Waals surface area contributed by atoms with Gasteiger partial charge in [0.1, 0.15) is 10.7 Å². The van der Waals surface area contributed by atoms with Crippen molar-refractivity contribution in [2.75, 3.05) is 27.8 Å². The molecule has 41 heavy (non-hydrogen) atoms. The Bertz CT molecular complexity index is 1660. The number of benzene rings is 2. The molecule has 0 bridgehead atoms. The van der Waals surface area contributed by atoms with Gasteiger partial charge in [-0.15, -0.1) is 21.5 Å². The molecule has 0 radical (unpaired) electrons. The van der Waals surface area contributed by atoms with Crippen molar-refractivity contribution >= 4 is 52.2 Å². The molecule has 212 valence electrons. The number of amides is 1. The highest BCUT2D eigenvalue weighted by atomic mass is 35.5. The molecule has 5 rings (SSSR count). The third-order valence-electron chi connectivity index (χ3n) is 6.16. The number of nitrogens with zero attached hydrogens (tertiary/aromatic N) is 5. The van der Waals surface area contributed by atoms with E-state index in [2.05, 4.69) is 15.2 Å². The van der Waals surface area contributed by atoms with Crippen molar-refractivity contribution in [3.63, 3.8) is 0 Å². The molecular formula is C28H25Cl2N5O4S2. The number of thioether (sulfide) groups is 1. The Morgan fingerprint density at radius 1 is 1.07 bits per heavy atom. The first-order chi connectivity index (χ1) is 19.9. The van der Waals surface area contributed by atoms with E-state index in [-0.39, 0.29) is 5.91 Å². The van der Waals surface area contributed by atoms with E-state index >= 15 is 0 Å². The van der Waals surface area contributed by atoms with E-state index in [1.165, 1.54) is 23.1 Å². The topological polar surface area (TPSA) is 95.5 Å². The molecule has 0 fully saturated rings. The van der Waals surface area contributed by atoms with E-state index in [1.54, 1.807) is 56.0 Å². The third-order valence-corrected chi connectivity index (χ3v) is 8.87. The Hall–Kier alpha value is -3.51. The first kappa shape index (κ1) is 29.0. The number of furan rings is 1. The third kappa shape index (κ3) is 6.54. The molecule has 0 aliphatic rings. The second kappa shape index (κ2) is 13.0. The SMILES string of the molecule is COc1ccc(CCN(C)C(=O)c2csc(CSc3nnc(-c4ccco4)n3-c3ccc(Cl)c(Cl)c3)n2)cc1OC. The number of likely N-dealkylation sites (N-methyl/N-ethyl adjacent to an activating group) is 1. The average molecular weight is 631 g/mol. The van der Waals surface area contributed by atoms with Crippen LogP contribution in [0.4, 0.5) is 0 Å². The number of carbonyl (C=O) groups is 1. The van der Waals surface area contributed by atoms with Crippen molar-refractivity contribution in [3.05, 3.63) is 86.5 Å². The molecule has 0 aliphatic heterocycles. The van der Waals surface area contributed by atoms with Crippen LogP contribution in [0.15, 0.2) is 69.7 Å². The van der Waals surface area contributed by atoms with Gasteiger partial charge in [-0.2, -0.15) is 0 Å². The smallest absolute Gasteiger partial charge is 0.273 e. The molecule has 0 N–H and O–H groups in total. The predicted molar refractivity (Wildman–Crippen MR) is 161 cm³/mol. The number of ether oxygens (including phenoxy) is 2. The summed E-state index contributed by atoms with van der Waals surface area (Å²) in [6, 6.07) is 14.7. The lowest BCUT2D eigenvalue weighted by Crippen LogP contribution is -2.29. The average Bonchev–Trinajstić information content (AvgIpc) is 3.76. The zero-order valence-corrected chi connectivity index (χ0v) is 25.5. The minimum atomic E-state index is -0.142. The number of thiazole rings is 1. The van der Waals surface area contributed by atoms with Gasteiger partial charge in [-0.3, -0.25) is 9.36 Å². The minimum absolute atomic E-state index is 0.142. The lowest BCUT2D eigenvalue weighted by molar-refractivity contribution is 0.0791. The minimum Gasteiger partial charge on any atom is -0.493 e. The van der Waals surface area contributed by atoms with Crippen LogP contribution in [0, 0.1) is 0 Å². The number of hydrogen-bond acceptors (Lipinski definition) is 9. The summed E-state index contributed by atoms with van der Waals surface area (Å²) >= 11 is 15.3. The Morgan fingerprint density at radius 2 is 1.90 bits per heavy atom. The van der Waals surface area contributed by atoms with Gasteiger partial charge in [0.15, 0.2) is 22.4 Å². The molecule has 0 spiro atoms. The second-order valence-electron chi connectivity index (χ2n) is 8.80. The largest absolute Gasteiger partial charge is 0.493 e. The van der Waals surface area contributed by atoms with Gasteiger partial charge in [-0.1, -0.05) is 41.0 Å². The maximum absolute atomic E-state index is 13.1. The van der Waals surface area contributed by atoms with Gasteiger partial charge in [0.2, 0.25) is 5.82 Å². The quantitative estimate of drug-likeness (QED) is 0.145. The summed E-state index contributed by atoms with van der Waals surface area (Å²) in [5, 5.41) is 12.8. The van der Waals surface area contributed by atoms with E-state index in [9.17, 15) is 4.79 Å². The van der Waals surface area contributed by atoms with E-state index in [0.717, 1.165) is 16.3 Å². The molecule has 3 aromatic heterocycles. The number of aromatic nitrogens is 4. The fraction of sp³-hybridized carbons (Fsp3) is 0.214. The summed E-state index contributed by atoms with van der Waals surface area (Å²) in [4.78, 5) is 19.3. The fourth-order valence-electron chi connectivity index (χ4n) is 4.02. The maximum Gasteiger partial charge on any atom is 0.273 e. The summed E-state index contributed by atoms with van der Waals surface area (Å²) in [5.41, 5.74) is 2.18. The molecule has 9 nitrogen and oxygen atoms in total. The van der Waals surface area contributed by atoms with Crippen LogP contribution in [0.3, 0.4) is 0 Å². The van der Waals surface area contributed by atoms with Crippen LogP contribution in [0.1, 0.15) is 21.1 Å². The Kier molecular flexibility index (Phi) is 9.19. The number of carbonyl (C=O) groups excluding carboxylic acids is 1. The molecule has 0 atom stereocenters. The van der Waals surface area contributed by atoms with E-state index in [0.29, 0.717) is 62.7 Å². The Balaban J connectivity index is 1.26. The second-order valence-corrected chi connectivity index (χ2v) is 11.5. The lowest BCUT2D eigenvalue weighted by Gasteiger charge is -2.16. The van der Waals surface area contributed by atoms with Crippen molar-refractivity contribution in [1.82, 2.24) is 24.6 Å². The van der Waals surface area contributed by atoms with Crippen LogP contribution in [-0.4, -0.2) is 58.4 Å². The summed E-state index contributed by atoms with van der Waals surface area (Å²) in [6.45, 7) is 0.526. The van der Waals surface area contributed by atoms with Crippen molar-refractivity contribution in [3.8, 4) is 28.8 Å². The van der Waals surface area contributed by atoms with Crippen LogP contribution < -0.4 is 9.47 Å². The summed E-state index contributed by atoms with van der Waals surface area (Å²) in [6.07, 6.45) is 2.24. The predicted octanol–water partition coefficient (Wildman–Crippen LogP) is 6.91. The van der Waals surface area contributed by atoms with Crippen LogP contribution in [-0.2, 0) is 12.2 Å². The lowest BCUT2D eigenvalue weighted by atomic mass is 10.1. The number of rotatable bonds is 11. The van der Waals surface area contributed by atoms with E-state index in [1.807, 2.05) is 34.9 Å². The van der Waals surface area contributed by atoms with Crippen LogP contribution in [0.2, 0.25) is 10.0 Å². The Morgan fingerprint density at radius 3 is 2.63 bits per heavy atom. The van der Waals surface area contributed by atoms with Gasteiger partial charge >= 0.3 is 0 Å². The molecule has 3 heterocycles. The first-order valence-electron chi connectivity index (χ1n) is 12.4. The van der Waals surface area contributed by atoms with Gasteiger partial charge < -0.3 is 18.8 Å². The molecule has 5 aromatic rings. The van der Waals surface area contributed by atoms with Crippen LogP contribution >= 0.6 is 46.3 Å². The normalized spacial score (nSPS) is 11.0.